The highest BCUT2D eigenvalue weighted by Crippen LogP contribution is 2.33. The normalized spacial score (nSPS) is 29.0. The Labute approximate surface area is 75.7 Å². The van der Waals surface area contributed by atoms with Crippen LogP contribution in [-0.4, -0.2) is 26.3 Å². The second-order valence-electron chi connectivity index (χ2n) is 4.12. The molecule has 0 spiro atoms. The van der Waals surface area contributed by atoms with Gasteiger partial charge >= 0.3 is 0 Å². The van der Waals surface area contributed by atoms with Crippen molar-refractivity contribution in [1.29, 1.82) is 0 Å². The van der Waals surface area contributed by atoms with Gasteiger partial charge in [-0.05, 0) is 31.2 Å². The quantitative estimate of drug-likeness (QED) is 0.679. The SMILES string of the molecule is COCC1CCC1CNC(C)C. The van der Waals surface area contributed by atoms with E-state index in [4.69, 9.17) is 4.74 Å². The minimum absolute atomic E-state index is 0.619. The molecular formula is C10H21NO. The highest BCUT2D eigenvalue weighted by atomic mass is 16.5. The van der Waals surface area contributed by atoms with E-state index >= 15 is 0 Å². The first-order chi connectivity index (χ1) is 5.74. The van der Waals surface area contributed by atoms with Crippen molar-refractivity contribution in [1.82, 2.24) is 5.32 Å². The number of rotatable bonds is 5. The Balaban J connectivity index is 2.08. The summed E-state index contributed by atoms with van der Waals surface area (Å²) in [7, 11) is 1.80. The van der Waals surface area contributed by atoms with E-state index in [2.05, 4.69) is 19.2 Å². The van der Waals surface area contributed by atoms with Crippen molar-refractivity contribution in [3.05, 3.63) is 0 Å². The maximum Gasteiger partial charge on any atom is 0.0493 e. The molecule has 2 unspecified atom stereocenters. The van der Waals surface area contributed by atoms with Crippen LogP contribution < -0.4 is 5.32 Å². The van der Waals surface area contributed by atoms with Crippen LogP contribution in [0.5, 0.6) is 0 Å². The zero-order valence-electron chi connectivity index (χ0n) is 8.47. The molecule has 2 nitrogen and oxygen atoms in total. The molecule has 12 heavy (non-hydrogen) atoms. The van der Waals surface area contributed by atoms with Gasteiger partial charge in [0.05, 0.1) is 0 Å². The van der Waals surface area contributed by atoms with Gasteiger partial charge in [-0.15, -0.1) is 0 Å². The van der Waals surface area contributed by atoms with Gasteiger partial charge in [0.25, 0.3) is 0 Å². The Bertz CT molecular complexity index is 125. The molecule has 0 aromatic heterocycles. The van der Waals surface area contributed by atoms with Crippen molar-refractivity contribution in [2.75, 3.05) is 20.3 Å². The first kappa shape index (κ1) is 10.0. The van der Waals surface area contributed by atoms with Gasteiger partial charge in [-0.1, -0.05) is 13.8 Å². The van der Waals surface area contributed by atoms with Crippen LogP contribution >= 0.6 is 0 Å². The number of methoxy groups -OCH3 is 1. The molecule has 0 radical (unpaired) electrons. The summed E-state index contributed by atoms with van der Waals surface area (Å²) in [6.45, 7) is 6.52. The smallest absolute Gasteiger partial charge is 0.0493 e. The molecule has 1 N–H and O–H groups in total. The number of ether oxygens (including phenoxy) is 1. The predicted octanol–water partition coefficient (Wildman–Crippen LogP) is 1.66. The highest BCUT2D eigenvalue weighted by Gasteiger charge is 2.30. The fourth-order valence-electron chi connectivity index (χ4n) is 1.73. The van der Waals surface area contributed by atoms with Crippen molar-refractivity contribution >= 4 is 0 Å². The lowest BCUT2D eigenvalue weighted by Gasteiger charge is -2.36. The number of hydrogen-bond donors (Lipinski definition) is 1. The lowest BCUT2D eigenvalue weighted by atomic mass is 9.74. The van der Waals surface area contributed by atoms with Crippen LogP contribution in [0.25, 0.3) is 0 Å². The van der Waals surface area contributed by atoms with Gasteiger partial charge in [-0.25, -0.2) is 0 Å². The van der Waals surface area contributed by atoms with Crippen molar-refractivity contribution in [3.63, 3.8) is 0 Å². The number of nitrogens with one attached hydrogen (secondary N) is 1. The van der Waals surface area contributed by atoms with Gasteiger partial charge in [0, 0.05) is 19.8 Å². The summed E-state index contributed by atoms with van der Waals surface area (Å²) in [5.41, 5.74) is 0. The fraction of sp³-hybridized carbons (Fsp3) is 1.00. The van der Waals surface area contributed by atoms with Gasteiger partial charge in [-0.3, -0.25) is 0 Å². The second kappa shape index (κ2) is 4.83. The lowest BCUT2D eigenvalue weighted by molar-refractivity contribution is 0.0587. The van der Waals surface area contributed by atoms with E-state index in [1.54, 1.807) is 7.11 Å². The van der Waals surface area contributed by atoms with Crippen LogP contribution in [0.1, 0.15) is 26.7 Å². The monoisotopic (exact) mass is 171 g/mol. The zero-order valence-corrected chi connectivity index (χ0v) is 8.47. The Morgan fingerprint density at radius 1 is 1.33 bits per heavy atom. The first-order valence-corrected chi connectivity index (χ1v) is 4.96. The molecule has 0 aliphatic heterocycles. The predicted molar refractivity (Wildman–Crippen MR) is 51.2 cm³/mol. The Morgan fingerprint density at radius 3 is 2.42 bits per heavy atom. The van der Waals surface area contributed by atoms with Gasteiger partial charge < -0.3 is 10.1 Å². The average Bonchev–Trinajstić information content (AvgIpc) is 1.98. The van der Waals surface area contributed by atoms with Crippen LogP contribution in [-0.2, 0) is 4.74 Å². The number of hydrogen-bond acceptors (Lipinski definition) is 2. The Hall–Kier alpha value is -0.0800. The standard InChI is InChI=1S/C10H21NO/c1-8(2)11-6-9-4-5-10(9)7-12-3/h8-11H,4-7H2,1-3H3. The molecule has 0 heterocycles. The molecule has 0 saturated heterocycles. The molecule has 1 rings (SSSR count). The third-order valence-electron chi connectivity index (χ3n) is 2.74. The van der Waals surface area contributed by atoms with Gasteiger partial charge in [0.1, 0.15) is 0 Å². The minimum atomic E-state index is 0.619. The summed E-state index contributed by atoms with van der Waals surface area (Å²) in [5, 5.41) is 3.48. The molecule has 2 heteroatoms. The summed E-state index contributed by atoms with van der Waals surface area (Å²) in [5.74, 6) is 1.69. The summed E-state index contributed by atoms with van der Waals surface area (Å²) in [6.07, 6.45) is 2.74. The van der Waals surface area contributed by atoms with Crippen molar-refractivity contribution in [2.45, 2.75) is 32.7 Å². The van der Waals surface area contributed by atoms with Crippen molar-refractivity contribution in [2.24, 2.45) is 11.8 Å². The van der Waals surface area contributed by atoms with E-state index in [1.165, 1.54) is 19.4 Å². The first-order valence-electron chi connectivity index (χ1n) is 4.96. The van der Waals surface area contributed by atoms with Crippen molar-refractivity contribution in [3.8, 4) is 0 Å². The summed E-state index contributed by atoms with van der Waals surface area (Å²) < 4.78 is 5.16. The van der Waals surface area contributed by atoms with Gasteiger partial charge in [0.2, 0.25) is 0 Å². The molecule has 0 bridgehead atoms. The largest absolute Gasteiger partial charge is 0.384 e. The second-order valence-corrected chi connectivity index (χ2v) is 4.12. The molecule has 72 valence electrons. The average molecular weight is 171 g/mol. The van der Waals surface area contributed by atoms with Crippen LogP contribution in [0.15, 0.2) is 0 Å². The molecule has 1 saturated carbocycles. The van der Waals surface area contributed by atoms with Crippen LogP contribution in [0.4, 0.5) is 0 Å². The molecule has 0 amide bonds. The van der Waals surface area contributed by atoms with Crippen LogP contribution in [0.3, 0.4) is 0 Å². The molecule has 0 aromatic rings. The maximum absolute atomic E-state index is 5.16. The molecule has 1 aliphatic carbocycles. The molecular weight excluding hydrogens is 150 g/mol. The summed E-state index contributed by atoms with van der Waals surface area (Å²) >= 11 is 0. The summed E-state index contributed by atoms with van der Waals surface area (Å²) in [6, 6.07) is 0.619. The summed E-state index contributed by atoms with van der Waals surface area (Å²) in [4.78, 5) is 0. The lowest BCUT2D eigenvalue weighted by Crippen LogP contribution is -2.39. The van der Waals surface area contributed by atoms with Gasteiger partial charge in [-0.2, -0.15) is 0 Å². The minimum Gasteiger partial charge on any atom is -0.384 e. The van der Waals surface area contributed by atoms with E-state index in [9.17, 15) is 0 Å². The maximum atomic E-state index is 5.16. The Kier molecular flexibility index (Phi) is 4.02. The topological polar surface area (TPSA) is 21.3 Å². The molecule has 2 atom stereocenters. The van der Waals surface area contributed by atoms with E-state index in [-0.39, 0.29) is 0 Å². The molecule has 1 fully saturated rings. The van der Waals surface area contributed by atoms with E-state index < -0.39 is 0 Å². The third kappa shape index (κ3) is 2.76. The van der Waals surface area contributed by atoms with E-state index in [0.29, 0.717) is 6.04 Å². The van der Waals surface area contributed by atoms with E-state index in [1.807, 2.05) is 0 Å². The molecule has 1 aliphatic rings. The van der Waals surface area contributed by atoms with Crippen LogP contribution in [0.2, 0.25) is 0 Å². The van der Waals surface area contributed by atoms with Crippen LogP contribution in [0, 0.1) is 11.8 Å². The highest BCUT2D eigenvalue weighted by molar-refractivity contribution is 4.82. The zero-order chi connectivity index (χ0) is 8.97. The third-order valence-corrected chi connectivity index (χ3v) is 2.74. The Morgan fingerprint density at radius 2 is 2.00 bits per heavy atom. The molecule has 0 aromatic carbocycles. The van der Waals surface area contributed by atoms with Crippen molar-refractivity contribution < 1.29 is 4.74 Å². The van der Waals surface area contributed by atoms with Gasteiger partial charge in [0.15, 0.2) is 0 Å². The van der Waals surface area contributed by atoms with E-state index in [0.717, 1.165) is 18.4 Å². The fourth-order valence-corrected chi connectivity index (χ4v) is 1.73.